The predicted octanol–water partition coefficient (Wildman–Crippen LogP) is 5.22. The fraction of sp³-hybridized carbons (Fsp3) is 0.250. The van der Waals surface area contributed by atoms with Gasteiger partial charge in [-0.25, -0.2) is 15.0 Å². The lowest BCUT2D eigenvalue weighted by atomic mass is 10.1. The molecule has 0 unspecified atom stereocenters. The van der Waals surface area contributed by atoms with Gasteiger partial charge < -0.3 is 14.4 Å². The van der Waals surface area contributed by atoms with E-state index in [0.29, 0.717) is 52.6 Å². The average molecular weight is 481 g/mol. The third-order valence-electron chi connectivity index (χ3n) is 4.97. The van der Waals surface area contributed by atoms with Crippen LogP contribution in [0.25, 0.3) is 10.8 Å². The molecule has 0 atom stereocenters. The number of benzene rings is 1. The Morgan fingerprint density at radius 3 is 2.64 bits per heavy atom. The Bertz CT molecular complexity index is 1210. The van der Waals surface area contributed by atoms with E-state index >= 15 is 0 Å². The number of thiophene rings is 1. The number of rotatable bonds is 9. The van der Waals surface area contributed by atoms with Gasteiger partial charge in [0.2, 0.25) is 0 Å². The molecule has 0 aliphatic carbocycles. The van der Waals surface area contributed by atoms with Gasteiger partial charge in [0, 0.05) is 30.4 Å². The van der Waals surface area contributed by atoms with Gasteiger partial charge in [-0.15, -0.1) is 22.7 Å². The molecule has 0 radical (unpaired) electrons. The Morgan fingerprint density at radius 1 is 1.12 bits per heavy atom. The maximum Gasteiger partial charge on any atom is 0.266 e. The molecule has 170 valence electrons. The number of amides is 1. The summed E-state index contributed by atoms with van der Waals surface area (Å²) in [6.45, 7) is 5.31. The molecular weight excluding hydrogens is 456 g/mol. The normalized spacial score (nSPS) is 10.8. The summed E-state index contributed by atoms with van der Waals surface area (Å²) in [6.07, 6.45) is 3.33. The Labute approximate surface area is 200 Å². The van der Waals surface area contributed by atoms with Crippen molar-refractivity contribution in [2.24, 2.45) is 0 Å². The SMILES string of the molecule is CCN(Cc1ccc(OCc2cccs2)c(OC)c1)C(=O)c1sc(-c2ncccn2)nc1C. The molecule has 0 N–H and O–H groups in total. The molecule has 33 heavy (non-hydrogen) atoms. The predicted molar refractivity (Wildman–Crippen MR) is 130 cm³/mol. The minimum Gasteiger partial charge on any atom is -0.493 e. The van der Waals surface area contributed by atoms with Crippen LogP contribution in [-0.2, 0) is 13.2 Å². The second-order valence-corrected chi connectivity index (χ2v) is 9.21. The summed E-state index contributed by atoms with van der Waals surface area (Å²) in [7, 11) is 1.62. The Balaban J connectivity index is 1.49. The van der Waals surface area contributed by atoms with Crippen molar-refractivity contribution in [1.82, 2.24) is 19.9 Å². The Hall–Kier alpha value is -3.30. The van der Waals surface area contributed by atoms with E-state index in [2.05, 4.69) is 15.0 Å². The van der Waals surface area contributed by atoms with Crippen molar-refractivity contribution in [3.8, 4) is 22.3 Å². The molecule has 3 aromatic heterocycles. The van der Waals surface area contributed by atoms with Crippen LogP contribution in [0.2, 0.25) is 0 Å². The highest BCUT2D eigenvalue weighted by Gasteiger charge is 2.22. The number of aromatic nitrogens is 3. The van der Waals surface area contributed by atoms with Gasteiger partial charge in [0.25, 0.3) is 5.91 Å². The minimum absolute atomic E-state index is 0.0633. The van der Waals surface area contributed by atoms with Crippen LogP contribution in [0, 0.1) is 6.92 Å². The minimum atomic E-state index is -0.0633. The van der Waals surface area contributed by atoms with Gasteiger partial charge in [0.1, 0.15) is 11.5 Å². The monoisotopic (exact) mass is 480 g/mol. The third kappa shape index (κ3) is 5.37. The molecule has 3 heterocycles. The maximum atomic E-state index is 13.3. The van der Waals surface area contributed by atoms with E-state index in [4.69, 9.17) is 9.47 Å². The van der Waals surface area contributed by atoms with Crippen molar-refractivity contribution in [3.05, 3.63) is 75.2 Å². The molecule has 0 saturated carbocycles. The number of nitrogens with zero attached hydrogens (tertiary/aromatic N) is 4. The quantitative estimate of drug-likeness (QED) is 0.327. The zero-order valence-corrected chi connectivity index (χ0v) is 20.3. The van der Waals surface area contributed by atoms with E-state index in [1.165, 1.54) is 11.3 Å². The van der Waals surface area contributed by atoms with E-state index < -0.39 is 0 Å². The zero-order chi connectivity index (χ0) is 23.2. The van der Waals surface area contributed by atoms with Crippen LogP contribution in [0.15, 0.2) is 54.2 Å². The van der Waals surface area contributed by atoms with Gasteiger partial charge in [-0.1, -0.05) is 12.1 Å². The van der Waals surface area contributed by atoms with Gasteiger partial charge in [0.05, 0.1) is 12.8 Å². The summed E-state index contributed by atoms with van der Waals surface area (Å²) < 4.78 is 11.5. The van der Waals surface area contributed by atoms with Crippen molar-refractivity contribution in [2.45, 2.75) is 27.0 Å². The molecule has 0 spiro atoms. The standard InChI is InChI=1S/C24H24N4O3S2/c1-4-28(24(29)21-16(2)27-23(33-21)22-25-10-6-11-26-22)14-17-8-9-19(20(13-17)30-3)31-15-18-7-5-12-32-18/h5-13H,4,14-15H2,1-3H3. The van der Waals surface area contributed by atoms with Crippen LogP contribution in [0.3, 0.4) is 0 Å². The number of aryl methyl sites for hydroxylation is 1. The van der Waals surface area contributed by atoms with Gasteiger partial charge >= 0.3 is 0 Å². The van der Waals surface area contributed by atoms with Gasteiger partial charge in [-0.05, 0) is 49.1 Å². The number of hydrogen-bond donors (Lipinski definition) is 0. The summed E-state index contributed by atoms with van der Waals surface area (Å²) in [5, 5.41) is 2.66. The van der Waals surface area contributed by atoms with E-state index in [1.54, 1.807) is 41.8 Å². The smallest absolute Gasteiger partial charge is 0.266 e. The average Bonchev–Trinajstić information content (AvgIpc) is 3.51. The number of carbonyl (C=O) groups excluding carboxylic acids is 1. The molecule has 4 aromatic rings. The Kier molecular flexibility index (Phi) is 7.31. The van der Waals surface area contributed by atoms with Crippen LogP contribution in [-0.4, -0.2) is 39.4 Å². The van der Waals surface area contributed by atoms with Crippen molar-refractivity contribution < 1.29 is 14.3 Å². The number of carbonyl (C=O) groups is 1. The summed E-state index contributed by atoms with van der Waals surface area (Å²) in [6, 6.07) is 11.6. The molecular formula is C24H24N4O3S2. The number of thiazole rings is 1. The fourth-order valence-electron chi connectivity index (χ4n) is 3.26. The third-order valence-corrected chi connectivity index (χ3v) is 6.96. The first-order chi connectivity index (χ1) is 16.1. The molecule has 0 bridgehead atoms. The molecule has 0 saturated heterocycles. The first kappa shape index (κ1) is 22.9. The molecule has 9 heteroatoms. The van der Waals surface area contributed by atoms with E-state index in [9.17, 15) is 4.79 Å². The molecule has 1 amide bonds. The second kappa shape index (κ2) is 10.5. The number of methoxy groups -OCH3 is 1. The van der Waals surface area contributed by atoms with Crippen LogP contribution in [0.4, 0.5) is 0 Å². The summed E-state index contributed by atoms with van der Waals surface area (Å²) in [5.74, 6) is 1.78. The van der Waals surface area contributed by atoms with Crippen molar-refractivity contribution in [3.63, 3.8) is 0 Å². The Morgan fingerprint density at radius 2 is 1.94 bits per heavy atom. The van der Waals surface area contributed by atoms with E-state index in [1.807, 2.05) is 49.6 Å². The van der Waals surface area contributed by atoms with Crippen molar-refractivity contribution in [2.75, 3.05) is 13.7 Å². The molecule has 0 aliphatic heterocycles. The highest BCUT2D eigenvalue weighted by atomic mass is 32.1. The van der Waals surface area contributed by atoms with E-state index in [-0.39, 0.29) is 5.91 Å². The van der Waals surface area contributed by atoms with Crippen LogP contribution >= 0.6 is 22.7 Å². The van der Waals surface area contributed by atoms with E-state index in [0.717, 1.165) is 10.4 Å². The second-order valence-electron chi connectivity index (χ2n) is 7.18. The zero-order valence-electron chi connectivity index (χ0n) is 18.6. The summed E-state index contributed by atoms with van der Waals surface area (Å²) in [5.41, 5.74) is 1.64. The lowest BCUT2D eigenvalue weighted by Gasteiger charge is -2.21. The number of ether oxygens (including phenoxy) is 2. The maximum absolute atomic E-state index is 13.3. The summed E-state index contributed by atoms with van der Waals surface area (Å²) >= 11 is 2.97. The van der Waals surface area contributed by atoms with Crippen LogP contribution in [0.1, 0.15) is 32.7 Å². The number of hydrogen-bond acceptors (Lipinski definition) is 8. The lowest BCUT2D eigenvalue weighted by Crippen LogP contribution is -2.30. The van der Waals surface area contributed by atoms with Crippen LogP contribution in [0.5, 0.6) is 11.5 Å². The fourth-order valence-corrected chi connectivity index (χ4v) is 4.86. The highest BCUT2D eigenvalue weighted by Crippen LogP contribution is 2.31. The first-order valence-corrected chi connectivity index (χ1v) is 12.1. The van der Waals surface area contributed by atoms with Gasteiger partial charge in [-0.2, -0.15) is 0 Å². The molecule has 4 rings (SSSR count). The molecule has 0 aliphatic rings. The van der Waals surface area contributed by atoms with Crippen molar-refractivity contribution >= 4 is 28.6 Å². The topological polar surface area (TPSA) is 77.4 Å². The van der Waals surface area contributed by atoms with Crippen LogP contribution < -0.4 is 9.47 Å². The highest BCUT2D eigenvalue weighted by molar-refractivity contribution is 7.17. The first-order valence-electron chi connectivity index (χ1n) is 10.4. The molecule has 0 fully saturated rings. The summed E-state index contributed by atoms with van der Waals surface area (Å²) in [4.78, 5) is 29.8. The van der Waals surface area contributed by atoms with Gasteiger partial charge in [-0.3, -0.25) is 4.79 Å². The van der Waals surface area contributed by atoms with Crippen molar-refractivity contribution in [1.29, 1.82) is 0 Å². The largest absolute Gasteiger partial charge is 0.493 e. The molecule has 7 nitrogen and oxygen atoms in total. The molecule has 1 aromatic carbocycles. The van der Waals surface area contributed by atoms with Gasteiger partial charge in [0.15, 0.2) is 22.3 Å². The lowest BCUT2D eigenvalue weighted by molar-refractivity contribution is 0.0756.